The van der Waals surface area contributed by atoms with Crippen LogP contribution < -0.4 is 20.5 Å². The Morgan fingerprint density at radius 3 is 2.59 bits per heavy atom. The van der Waals surface area contributed by atoms with E-state index in [-0.39, 0.29) is 16.8 Å². The Bertz CT molecular complexity index is 911. The second kappa shape index (κ2) is 8.88. The summed E-state index contributed by atoms with van der Waals surface area (Å²) in [6.07, 6.45) is 0.637. The number of carbonyl (C=O) groups excluding carboxylic acids is 1. The molecule has 0 bridgehead atoms. The summed E-state index contributed by atoms with van der Waals surface area (Å²) in [5.74, 6) is 0.0737. The van der Waals surface area contributed by atoms with Crippen LogP contribution in [0.4, 0.5) is 5.69 Å². The van der Waals surface area contributed by atoms with Gasteiger partial charge in [-0.1, -0.05) is 18.2 Å². The minimum Gasteiger partial charge on any atom is -0.495 e. The van der Waals surface area contributed by atoms with Gasteiger partial charge in [-0.3, -0.25) is 9.52 Å². The maximum atomic E-state index is 12.7. The summed E-state index contributed by atoms with van der Waals surface area (Å²) < 4.78 is 33.2. The van der Waals surface area contributed by atoms with Crippen LogP contribution in [0, 0.1) is 6.92 Å². The van der Waals surface area contributed by atoms with Crippen molar-refractivity contribution in [1.29, 1.82) is 0 Å². The molecule has 0 fully saturated rings. The number of carbonyl (C=O) groups is 1. The van der Waals surface area contributed by atoms with Crippen LogP contribution in [0.2, 0.25) is 0 Å². The second-order valence-corrected chi connectivity index (χ2v) is 7.99. The van der Waals surface area contributed by atoms with Crippen molar-refractivity contribution in [2.24, 2.45) is 5.73 Å². The number of hydrogen-bond donors (Lipinski definition) is 3. The van der Waals surface area contributed by atoms with E-state index in [9.17, 15) is 13.2 Å². The number of para-hydroxylation sites is 2. The first kappa shape index (κ1) is 20.7. The number of benzene rings is 2. The molecule has 1 atom stereocenters. The van der Waals surface area contributed by atoms with E-state index in [0.29, 0.717) is 35.5 Å². The number of rotatable bonds is 8. The van der Waals surface area contributed by atoms with E-state index in [1.165, 1.54) is 19.2 Å². The molecule has 0 aliphatic heterocycles. The van der Waals surface area contributed by atoms with Crippen LogP contribution in [0.1, 0.15) is 29.3 Å². The number of anilines is 1. The summed E-state index contributed by atoms with van der Waals surface area (Å²) in [5, 5.41) is 2.76. The Hall–Kier alpha value is -2.58. The maximum Gasteiger partial charge on any atom is 0.262 e. The molecule has 0 saturated heterocycles. The zero-order valence-corrected chi connectivity index (χ0v) is 16.5. The maximum absolute atomic E-state index is 12.7. The van der Waals surface area contributed by atoms with E-state index in [4.69, 9.17) is 10.5 Å². The van der Waals surface area contributed by atoms with Gasteiger partial charge in [-0.25, -0.2) is 8.42 Å². The molecule has 146 valence electrons. The van der Waals surface area contributed by atoms with Gasteiger partial charge >= 0.3 is 0 Å². The molecule has 4 N–H and O–H groups in total. The Balaban J connectivity index is 2.26. The molecule has 0 aliphatic rings. The Kier molecular flexibility index (Phi) is 6.81. The Labute approximate surface area is 160 Å². The number of nitrogens with two attached hydrogens (primary N) is 1. The number of aryl methyl sites for hydroxylation is 1. The lowest BCUT2D eigenvalue weighted by molar-refractivity contribution is 0.0952. The monoisotopic (exact) mass is 391 g/mol. The molecule has 0 radical (unpaired) electrons. The quantitative estimate of drug-likeness (QED) is 0.639. The molecule has 0 saturated carbocycles. The molecule has 0 aliphatic carbocycles. The first-order valence-corrected chi connectivity index (χ1v) is 10.0. The van der Waals surface area contributed by atoms with Crippen LogP contribution in [-0.4, -0.2) is 34.0 Å². The number of nitrogens with one attached hydrogen (secondary N) is 2. The van der Waals surface area contributed by atoms with Crippen molar-refractivity contribution in [1.82, 2.24) is 5.32 Å². The number of ether oxygens (including phenoxy) is 1. The highest BCUT2D eigenvalue weighted by molar-refractivity contribution is 7.92. The summed E-state index contributed by atoms with van der Waals surface area (Å²) in [6.45, 7) is 4.03. The van der Waals surface area contributed by atoms with E-state index in [1.54, 1.807) is 37.3 Å². The molecule has 0 aromatic heterocycles. The highest BCUT2D eigenvalue weighted by Gasteiger charge is 2.19. The van der Waals surface area contributed by atoms with Crippen LogP contribution in [0.5, 0.6) is 5.75 Å². The molecule has 7 nitrogen and oxygen atoms in total. The average Bonchev–Trinajstić information content (AvgIpc) is 2.61. The molecule has 27 heavy (non-hydrogen) atoms. The third-order valence-electron chi connectivity index (χ3n) is 4.00. The van der Waals surface area contributed by atoms with E-state index < -0.39 is 10.0 Å². The molecule has 8 heteroatoms. The van der Waals surface area contributed by atoms with Crippen molar-refractivity contribution < 1.29 is 17.9 Å². The van der Waals surface area contributed by atoms with Gasteiger partial charge in [0.1, 0.15) is 5.75 Å². The highest BCUT2D eigenvalue weighted by atomic mass is 32.2. The van der Waals surface area contributed by atoms with E-state index >= 15 is 0 Å². The third-order valence-corrected chi connectivity index (χ3v) is 5.36. The molecular weight excluding hydrogens is 366 g/mol. The molecule has 2 rings (SSSR count). The van der Waals surface area contributed by atoms with Gasteiger partial charge < -0.3 is 15.8 Å². The standard InChI is InChI=1S/C19H25N3O4S/c1-13-8-9-15(12-16(13)19(23)21-11-10-14(2)20)27(24,25)22-17-6-4-5-7-18(17)26-3/h4-9,12,14,22H,10-11,20H2,1-3H3,(H,21,23). The van der Waals surface area contributed by atoms with Gasteiger partial charge in [0.25, 0.3) is 15.9 Å². The van der Waals surface area contributed by atoms with E-state index in [0.717, 1.165) is 0 Å². The smallest absolute Gasteiger partial charge is 0.262 e. The molecular formula is C19H25N3O4S. The summed E-state index contributed by atoms with van der Waals surface area (Å²) in [6, 6.07) is 11.1. The zero-order valence-electron chi connectivity index (χ0n) is 15.7. The highest BCUT2D eigenvalue weighted by Crippen LogP contribution is 2.26. The normalized spacial score (nSPS) is 12.3. The van der Waals surface area contributed by atoms with Crippen molar-refractivity contribution in [3.05, 3.63) is 53.6 Å². The SMILES string of the molecule is COc1ccccc1NS(=O)(=O)c1ccc(C)c(C(=O)NCCC(C)N)c1. The summed E-state index contributed by atoms with van der Waals surface area (Å²) >= 11 is 0. The number of hydrogen-bond acceptors (Lipinski definition) is 5. The van der Waals surface area contributed by atoms with Gasteiger partial charge in [0.15, 0.2) is 0 Å². The van der Waals surface area contributed by atoms with E-state index in [2.05, 4.69) is 10.0 Å². The fourth-order valence-electron chi connectivity index (χ4n) is 2.45. The first-order valence-electron chi connectivity index (χ1n) is 8.55. The Morgan fingerprint density at radius 1 is 1.22 bits per heavy atom. The third kappa shape index (κ3) is 5.45. The summed E-state index contributed by atoms with van der Waals surface area (Å²) in [5.41, 5.74) is 6.99. The van der Waals surface area contributed by atoms with Gasteiger partial charge in [-0.2, -0.15) is 0 Å². The van der Waals surface area contributed by atoms with Gasteiger partial charge in [0.2, 0.25) is 0 Å². The van der Waals surface area contributed by atoms with Crippen LogP contribution in [-0.2, 0) is 10.0 Å². The van der Waals surface area contributed by atoms with Gasteiger partial charge in [0.05, 0.1) is 17.7 Å². The average molecular weight is 391 g/mol. The first-order chi connectivity index (χ1) is 12.7. The van der Waals surface area contributed by atoms with E-state index in [1.807, 2.05) is 6.92 Å². The predicted molar refractivity (Wildman–Crippen MR) is 106 cm³/mol. The van der Waals surface area contributed by atoms with Gasteiger partial charge in [0, 0.05) is 18.2 Å². The molecule has 1 amide bonds. The van der Waals surface area contributed by atoms with Crippen molar-refractivity contribution in [3.63, 3.8) is 0 Å². The number of methoxy groups -OCH3 is 1. The Morgan fingerprint density at radius 2 is 1.93 bits per heavy atom. The van der Waals surface area contributed by atoms with Crippen molar-refractivity contribution in [2.75, 3.05) is 18.4 Å². The van der Waals surface area contributed by atoms with Crippen molar-refractivity contribution in [3.8, 4) is 5.75 Å². The minimum atomic E-state index is -3.88. The largest absolute Gasteiger partial charge is 0.495 e. The molecule has 2 aromatic rings. The lowest BCUT2D eigenvalue weighted by Crippen LogP contribution is -2.29. The van der Waals surface area contributed by atoms with Crippen molar-refractivity contribution >= 4 is 21.6 Å². The summed E-state index contributed by atoms with van der Waals surface area (Å²) in [4.78, 5) is 12.4. The topological polar surface area (TPSA) is 111 Å². The van der Waals surface area contributed by atoms with Crippen LogP contribution >= 0.6 is 0 Å². The lowest BCUT2D eigenvalue weighted by atomic mass is 10.1. The van der Waals surface area contributed by atoms with Gasteiger partial charge in [-0.15, -0.1) is 0 Å². The molecule has 1 unspecified atom stereocenters. The molecule has 0 spiro atoms. The van der Waals surface area contributed by atoms with Crippen LogP contribution in [0.25, 0.3) is 0 Å². The lowest BCUT2D eigenvalue weighted by Gasteiger charge is -2.14. The fourth-order valence-corrected chi connectivity index (χ4v) is 3.55. The van der Waals surface area contributed by atoms with Gasteiger partial charge in [-0.05, 0) is 50.1 Å². The van der Waals surface area contributed by atoms with Crippen LogP contribution in [0.15, 0.2) is 47.4 Å². The van der Waals surface area contributed by atoms with Crippen LogP contribution in [0.3, 0.4) is 0 Å². The molecule has 0 heterocycles. The number of amides is 1. The predicted octanol–water partition coefficient (Wildman–Crippen LogP) is 2.27. The van der Waals surface area contributed by atoms with Crippen molar-refractivity contribution in [2.45, 2.75) is 31.2 Å². The summed E-state index contributed by atoms with van der Waals surface area (Å²) in [7, 11) is -2.42. The molecule has 2 aromatic carbocycles. The second-order valence-electron chi connectivity index (χ2n) is 6.30. The zero-order chi connectivity index (χ0) is 20.0. The fraction of sp³-hybridized carbons (Fsp3) is 0.316. The minimum absolute atomic E-state index is 0.00338. The number of sulfonamides is 1.